The van der Waals surface area contributed by atoms with E-state index >= 15 is 0 Å². The van der Waals surface area contributed by atoms with E-state index in [2.05, 4.69) is 15.0 Å². The van der Waals surface area contributed by atoms with E-state index in [4.69, 9.17) is 0 Å². The molecule has 3 aromatic heterocycles. The molecule has 8 nitrogen and oxygen atoms in total. The molecule has 0 amide bonds. The fraction of sp³-hybridized carbons (Fsp3) is 0.200. The smallest absolute Gasteiger partial charge is 0.332 e. The van der Waals surface area contributed by atoms with E-state index in [1.165, 1.54) is 17.9 Å². The summed E-state index contributed by atoms with van der Waals surface area (Å²) in [6.45, 7) is 0. The highest BCUT2D eigenvalue weighted by molar-refractivity contribution is 5.73. The molecule has 1 aromatic carbocycles. The van der Waals surface area contributed by atoms with Crippen LogP contribution < -0.4 is 11.2 Å². The zero-order valence-electron chi connectivity index (χ0n) is 13.0. The topological polar surface area (TPSA) is 90.5 Å². The van der Waals surface area contributed by atoms with Crippen molar-refractivity contribution in [1.29, 1.82) is 0 Å². The lowest BCUT2D eigenvalue weighted by atomic mass is 10.3. The first-order chi connectivity index (χ1) is 11.0. The monoisotopic (exact) mass is 312 g/mol. The Morgan fingerprint density at radius 3 is 2.48 bits per heavy atom. The van der Waals surface area contributed by atoms with Crippen LogP contribution in [0.3, 0.4) is 0 Å². The Kier molecular flexibility index (Phi) is 3.57. The molecule has 0 aliphatic heterocycles. The maximum absolute atomic E-state index is 11.7. The van der Waals surface area contributed by atoms with Gasteiger partial charge in [-0.3, -0.25) is 13.9 Å². The first-order valence-corrected chi connectivity index (χ1v) is 6.96. The molecule has 0 bridgehead atoms. The Labute approximate surface area is 130 Å². The van der Waals surface area contributed by atoms with Gasteiger partial charge in [0.2, 0.25) is 0 Å². The molecule has 118 valence electrons. The van der Waals surface area contributed by atoms with Crippen molar-refractivity contribution < 1.29 is 0 Å². The van der Waals surface area contributed by atoms with Crippen LogP contribution in [0.1, 0.15) is 0 Å². The van der Waals surface area contributed by atoms with Crippen LogP contribution in [0, 0.1) is 0 Å². The summed E-state index contributed by atoms with van der Waals surface area (Å²) in [5.74, 6) is 0. The van der Waals surface area contributed by atoms with Gasteiger partial charge in [-0.2, -0.15) is 0 Å². The van der Waals surface area contributed by atoms with Gasteiger partial charge in [-0.1, -0.05) is 12.1 Å². The highest BCUT2D eigenvalue weighted by Crippen LogP contribution is 2.05. The fourth-order valence-corrected chi connectivity index (χ4v) is 2.35. The molecule has 0 aliphatic carbocycles. The van der Waals surface area contributed by atoms with E-state index in [0.717, 1.165) is 15.6 Å². The minimum Gasteiger partial charge on any atom is -0.345 e. The molecule has 23 heavy (non-hydrogen) atoms. The largest absolute Gasteiger partial charge is 0.345 e. The van der Waals surface area contributed by atoms with Gasteiger partial charge in [-0.25, -0.2) is 14.8 Å². The second kappa shape index (κ2) is 5.56. The van der Waals surface area contributed by atoms with Gasteiger partial charge in [-0.05, 0) is 12.1 Å². The number of imidazole rings is 2. The predicted molar refractivity (Wildman–Crippen MR) is 87.3 cm³/mol. The molecule has 0 aliphatic rings. The number of hydrogen-bond acceptors (Lipinski definition) is 4. The standard InChI is InChI=1S/C8H10N4O2.C7H6N2/c1-10-4-9-6-5(10)7(13)12(3)8(14)11(6)2;1-2-4-7-6(3-1)8-5-9-7/h4H,1-3H3;1-5H,(H,8,9). The molecule has 4 aromatic rings. The Morgan fingerprint density at radius 2 is 1.74 bits per heavy atom. The van der Waals surface area contributed by atoms with E-state index in [-0.39, 0.29) is 11.2 Å². The Hall–Kier alpha value is -3.16. The van der Waals surface area contributed by atoms with Gasteiger partial charge in [0.1, 0.15) is 0 Å². The van der Waals surface area contributed by atoms with Gasteiger partial charge < -0.3 is 9.55 Å². The number of aromatic amines is 1. The van der Waals surface area contributed by atoms with E-state index < -0.39 is 0 Å². The SMILES string of the molecule is Cn1c(=O)c2c(ncn2C)n(C)c1=O.c1ccc2[nH]cnc2c1. The van der Waals surface area contributed by atoms with Crippen molar-refractivity contribution in [3.8, 4) is 0 Å². The summed E-state index contributed by atoms with van der Waals surface area (Å²) in [6.07, 6.45) is 3.22. The van der Waals surface area contributed by atoms with Crippen LogP contribution >= 0.6 is 0 Å². The van der Waals surface area contributed by atoms with Crippen LogP contribution in [0.15, 0.2) is 46.5 Å². The van der Waals surface area contributed by atoms with Crippen LogP contribution in [0.4, 0.5) is 0 Å². The lowest BCUT2D eigenvalue weighted by Crippen LogP contribution is -2.37. The highest BCUT2D eigenvalue weighted by atomic mass is 16.2. The normalized spacial score (nSPS) is 10.7. The van der Waals surface area contributed by atoms with Gasteiger partial charge >= 0.3 is 5.69 Å². The fourth-order valence-electron chi connectivity index (χ4n) is 2.35. The maximum atomic E-state index is 11.7. The van der Waals surface area contributed by atoms with E-state index in [0.29, 0.717) is 11.2 Å². The van der Waals surface area contributed by atoms with Crippen molar-refractivity contribution in [2.24, 2.45) is 21.1 Å². The average Bonchev–Trinajstić information content (AvgIpc) is 3.18. The zero-order chi connectivity index (χ0) is 16.6. The molecule has 0 saturated carbocycles. The first-order valence-electron chi connectivity index (χ1n) is 6.96. The molecule has 8 heteroatoms. The van der Waals surface area contributed by atoms with Crippen molar-refractivity contribution >= 4 is 22.2 Å². The van der Waals surface area contributed by atoms with E-state index in [1.54, 1.807) is 25.0 Å². The van der Waals surface area contributed by atoms with Crippen molar-refractivity contribution in [3.05, 3.63) is 57.8 Å². The summed E-state index contributed by atoms with van der Waals surface area (Å²) in [5.41, 5.74) is 2.30. The molecule has 0 saturated heterocycles. The molecule has 1 N–H and O–H groups in total. The predicted octanol–water partition coefficient (Wildman–Crippen LogP) is 0.534. The van der Waals surface area contributed by atoms with Crippen molar-refractivity contribution in [2.45, 2.75) is 0 Å². The van der Waals surface area contributed by atoms with Gasteiger partial charge in [0.25, 0.3) is 5.56 Å². The molecule has 0 atom stereocenters. The van der Waals surface area contributed by atoms with E-state index in [1.807, 2.05) is 24.3 Å². The first kappa shape index (κ1) is 14.8. The Morgan fingerprint density at radius 1 is 1.00 bits per heavy atom. The molecule has 3 heterocycles. The molecular weight excluding hydrogens is 296 g/mol. The summed E-state index contributed by atoms with van der Waals surface area (Å²) < 4.78 is 4.04. The third-order valence-electron chi connectivity index (χ3n) is 3.64. The Bertz CT molecular complexity index is 1070. The molecular formula is C15H16N6O2. The number of benzene rings is 1. The van der Waals surface area contributed by atoms with Crippen molar-refractivity contribution in [3.63, 3.8) is 0 Å². The minimum atomic E-state index is -0.360. The number of nitrogens with one attached hydrogen (secondary N) is 1. The summed E-state index contributed by atoms with van der Waals surface area (Å²) in [5, 5.41) is 0. The summed E-state index contributed by atoms with van der Waals surface area (Å²) in [4.78, 5) is 34.2. The lowest BCUT2D eigenvalue weighted by molar-refractivity contribution is 0.705. The third kappa shape index (κ3) is 2.44. The van der Waals surface area contributed by atoms with Gasteiger partial charge in [-0.15, -0.1) is 0 Å². The second-order valence-corrected chi connectivity index (χ2v) is 5.15. The van der Waals surface area contributed by atoms with Crippen LogP contribution in [0.2, 0.25) is 0 Å². The minimum absolute atomic E-state index is 0.317. The Balaban J connectivity index is 0.000000149. The highest BCUT2D eigenvalue weighted by Gasteiger charge is 2.11. The van der Waals surface area contributed by atoms with E-state index in [9.17, 15) is 9.59 Å². The van der Waals surface area contributed by atoms with Crippen molar-refractivity contribution in [1.82, 2.24) is 28.7 Å². The summed E-state index contributed by atoms with van der Waals surface area (Å²) >= 11 is 0. The number of nitrogens with zero attached hydrogens (tertiary/aromatic N) is 5. The quantitative estimate of drug-likeness (QED) is 0.513. The number of para-hydroxylation sites is 2. The number of aromatic nitrogens is 6. The summed E-state index contributed by atoms with van der Waals surface area (Å²) in [7, 11) is 4.77. The van der Waals surface area contributed by atoms with Crippen LogP contribution in [-0.2, 0) is 21.1 Å². The molecule has 0 fully saturated rings. The number of hydrogen-bond donors (Lipinski definition) is 1. The van der Waals surface area contributed by atoms with Gasteiger partial charge in [0.05, 0.1) is 23.7 Å². The van der Waals surface area contributed by atoms with Crippen LogP contribution in [0.5, 0.6) is 0 Å². The summed E-state index contributed by atoms with van der Waals surface area (Å²) in [6, 6.07) is 7.94. The number of fused-ring (bicyclic) bond motifs is 2. The third-order valence-corrected chi connectivity index (χ3v) is 3.64. The molecule has 0 spiro atoms. The molecule has 0 radical (unpaired) electrons. The number of rotatable bonds is 0. The maximum Gasteiger partial charge on any atom is 0.332 e. The number of H-pyrrole nitrogens is 1. The van der Waals surface area contributed by atoms with Crippen LogP contribution in [0.25, 0.3) is 22.2 Å². The molecule has 4 rings (SSSR count). The average molecular weight is 312 g/mol. The number of aryl methyl sites for hydroxylation is 2. The van der Waals surface area contributed by atoms with Crippen molar-refractivity contribution in [2.75, 3.05) is 0 Å². The molecule has 0 unspecified atom stereocenters. The van der Waals surface area contributed by atoms with Gasteiger partial charge in [0.15, 0.2) is 11.2 Å². The van der Waals surface area contributed by atoms with Gasteiger partial charge in [0, 0.05) is 21.1 Å². The zero-order valence-corrected chi connectivity index (χ0v) is 13.0. The lowest BCUT2D eigenvalue weighted by Gasteiger charge is -2.02. The van der Waals surface area contributed by atoms with Crippen LogP contribution in [-0.4, -0.2) is 28.7 Å². The second-order valence-electron chi connectivity index (χ2n) is 5.15.